The minimum Gasteiger partial charge on any atom is -0.449 e. The molecule has 0 saturated heterocycles. The Kier molecular flexibility index (Phi) is 7.92. The molecule has 0 bridgehead atoms. The summed E-state index contributed by atoms with van der Waals surface area (Å²) in [5.74, 6) is 1.21. The monoisotopic (exact) mass is 499 g/mol. The van der Waals surface area contributed by atoms with E-state index in [4.69, 9.17) is 14.8 Å². The zero-order valence-electron chi connectivity index (χ0n) is 21.7. The van der Waals surface area contributed by atoms with Gasteiger partial charge in [-0.1, -0.05) is 69.7 Å². The minimum atomic E-state index is -1.34. The van der Waals surface area contributed by atoms with Gasteiger partial charge in [0, 0.05) is 30.1 Å². The van der Waals surface area contributed by atoms with Crippen LogP contribution in [0.3, 0.4) is 0 Å². The van der Waals surface area contributed by atoms with Crippen LogP contribution in [0.4, 0.5) is 10.5 Å². The normalized spacial score (nSPS) is 11.2. The quantitative estimate of drug-likeness (QED) is 0.190. The lowest BCUT2D eigenvalue weighted by atomic mass is 10.0. The predicted octanol–water partition coefficient (Wildman–Crippen LogP) is 7.05. The van der Waals surface area contributed by atoms with Gasteiger partial charge in [0.05, 0.1) is 11.0 Å². The van der Waals surface area contributed by atoms with Gasteiger partial charge in [-0.15, -0.1) is 0 Å². The van der Waals surface area contributed by atoms with Crippen molar-refractivity contribution in [2.24, 2.45) is 5.92 Å². The van der Waals surface area contributed by atoms with E-state index in [-0.39, 0.29) is 11.8 Å². The highest BCUT2D eigenvalue weighted by Gasteiger charge is 2.16. The fourth-order valence-electron chi connectivity index (χ4n) is 4.36. The van der Waals surface area contributed by atoms with Crippen molar-refractivity contribution in [3.8, 4) is 16.9 Å². The third kappa shape index (κ3) is 6.00. The van der Waals surface area contributed by atoms with Crippen LogP contribution in [0, 0.1) is 12.8 Å². The summed E-state index contributed by atoms with van der Waals surface area (Å²) < 4.78 is 7.19. The lowest BCUT2D eigenvalue weighted by Crippen LogP contribution is -2.17. The van der Waals surface area contributed by atoms with Gasteiger partial charge in [-0.05, 0) is 48.2 Å². The minimum absolute atomic E-state index is 0.0150. The molecule has 0 fully saturated rings. The first-order valence-electron chi connectivity index (χ1n) is 12.7. The van der Waals surface area contributed by atoms with Gasteiger partial charge >= 0.3 is 6.16 Å². The number of nitrogens with zero attached hydrogens (tertiary/aromatic N) is 2. The number of carbonyl (C=O) groups excluding carboxylic acids is 1. The molecule has 0 atom stereocenters. The third-order valence-corrected chi connectivity index (χ3v) is 6.36. The van der Waals surface area contributed by atoms with E-state index >= 15 is 0 Å². The Hall–Kier alpha value is -4.13. The average Bonchev–Trinajstić information content (AvgIpc) is 3.21. The Morgan fingerprint density at radius 2 is 1.81 bits per heavy atom. The molecule has 192 valence electrons. The summed E-state index contributed by atoms with van der Waals surface area (Å²) in [5.41, 5.74) is 6.42. The molecule has 4 aromatic rings. The highest BCUT2D eigenvalue weighted by Crippen LogP contribution is 2.31. The molecule has 0 aliphatic heterocycles. The highest BCUT2D eigenvalue weighted by atomic mass is 16.7. The molecule has 7 nitrogen and oxygen atoms in total. The molecule has 1 heterocycles. The van der Waals surface area contributed by atoms with Crippen molar-refractivity contribution in [3.05, 3.63) is 77.6 Å². The Morgan fingerprint density at radius 1 is 1.08 bits per heavy atom. The zero-order chi connectivity index (χ0) is 26.5. The summed E-state index contributed by atoms with van der Waals surface area (Å²) in [4.78, 5) is 28.4. The largest absolute Gasteiger partial charge is 0.511 e. The van der Waals surface area contributed by atoms with Crippen LogP contribution in [0.2, 0.25) is 0 Å². The number of carboxylic acid groups (broad SMARTS) is 1. The van der Waals surface area contributed by atoms with E-state index in [1.165, 1.54) is 0 Å². The molecular formula is C30H33N3O4. The van der Waals surface area contributed by atoms with Crippen molar-refractivity contribution in [1.29, 1.82) is 0 Å². The van der Waals surface area contributed by atoms with Gasteiger partial charge < -0.3 is 19.7 Å². The number of para-hydroxylation sites is 1. The molecule has 0 radical (unpaired) electrons. The molecule has 7 heteroatoms. The van der Waals surface area contributed by atoms with E-state index < -0.39 is 6.16 Å². The van der Waals surface area contributed by atoms with Gasteiger partial charge in [-0.3, -0.25) is 4.79 Å². The molecule has 37 heavy (non-hydrogen) atoms. The van der Waals surface area contributed by atoms with Gasteiger partial charge in [0.1, 0.15) is 11.6 Å². The summed E-state index contributed by atoms with van der Waals surface area (Å²) in [6.45, 7) is 8.58. The van der Waals surface area contributed by atoms with Gasteiger partial charge in [-0.25, -0.2) is 9.78 Å². The van der Waals surface area contributed by atoms with Crippen molar-refractivity contribution in [1.82, 2.24) is 9.55 Å². The number of anilines is 1. The number of aryl methyl sites for hydroxylation is 2. The number of benzene rings is 3. The van der Waals surface area contributed by atoms with Crippen LogP contribution in [0.5, 0.6) is 5.75 Å². The highest BCUT2D eigenvalue weighted by molar-refractivity contribution is 5.95. The maximum atomic E-state index is 12.3. The Labute approximate surface area is 217 Å². The zero-order valence-corrected chi connectivity index (χ0v) is 21.7. The Morgan fingerprint density at radius 3 is 2.49 bits per heavy atom. The molecule has 1 aromatic heterocycles. The maximum Gasteiger partial charge on any atom is 0.511 e. The fraction of sp³-hybridized carbons (Fsp3) is 0.300. The Bertz CT molecular complexity index is 1420. The summed E-state index contributed by atoms with van der Waals surface area (Å²) in [6, 6.07) is 19.1. The number of ether oxygens (including phenoxy) is 1. The van der Waals surface area contributed by atoms with E-state index in [1.54, 1.807) is 12.1 Å². The molecular weight excluding hydrogens is 466 g/mol. The van der Waals surface area contributed by atoms with Gasteiger partial charge in [0.25, 0.3) is 0 Å². The van der Waals surface area contributed by atoms with E-state index in [2.05, 4.69) is 16.8 Å². The second-order valence-electron chi connectivity index (χ2n) is 9.58. The van der Waals surface area contributed by atoms with Crippen LogP contribution in [0.1, 0.15) is 50.6 Å². The summed E-state index contributed by atoms with van der Waals surface area (Å²) in [7, 11) is 0. The number of amides is 1. The molecule has 3 aromatic carbocycles. The molecule has 0 aliphatic carbocycles. The van der Waals surface area contributed by atoms with Gasteiger partial charge in [0.2, 0.25) is 5.91 Å². The molecule has 2 N–H and O–H groups in total. The van der Waals surface area contributed by atoms with Crippen molar-refractivity contribution >= 4 is 28.8 Å². The first-order valence-corrected chi connectivity index (χ1v) is 12.7. The van der Waals surface area contributed by atoms with E-state index in [0.29, 0.717) is 17.9 Å². The number of carbonyl (C=O) groups is 2. The summed E-state index contributed by atoms with van der Waals surface area (Å²) in [6.07, 6.45) is 1.65. The third-order valence-electron chi connectivity index (χ3n) is 6.36. The van der Waals surface area contributed by atoms with E-state index in [9.17, 15) is 9.59 Å². The number of nitrogens with one attached hydrogen (secondary N) is 1. The number of hydrogen-bond acceptors (Lipinski definition) is 4. The van der Waals surface area contributed by atoms with Crippen molar-refractivity contribution in [3.63, 3.8) is 0 Å². The molecule has 0 unspecified atom stereocenters. The Balaban J connectivity index is 1.69. The molecule has 0 aliphatic rings. The second-order valence-corrected chi connectivity index (χ2v) is 9.58. The topological polar surface area (TPSA) is 93.5 Å². The molecule has 4 rings (SSSR count). The smallest absolute Gasteiger partial charge is 0.449 e. The fourth-order valence-corrected chi connectivity index (χ4v) is 4.36. The summed E-state index contributed by atoms with van der Waals surface area (Å²) in [5, 5.41) is 12.1. The number of imidazole rings is 1. The van der Waals surface area contributed by atoms with Crippen molar-refractivity contribution < 1.29 is 19.4 Å². The average molecular weight is 500 g/mol. The first kappa shape index (κ1) is 25.9. The number of aromatic nitrogens is 2. The number of fused-ring (bicyclic) bond motifs is 1. The lowest BCUT2D eigenvalue weighted by Gasteiger charge is -2.13. The van der Waals surface area contributed by atoms with Crippen molar-refractivity contribution in [2.75, 3.05) is 5.32 Å². The van der Waals surface area contributed by atoms with E-state index in [1.807, 2.05) is 69.3 Å². The number of rotatable bonds is 9. The SMILES string of the molecule is CCCCc1nc2c(C)cc(NC(=O)C(C)C)cc2n1Cc1ccc(-c2ccccc2OC(=O)O)cc1. The lowest BCUT2D eigenvalue weighted by molar-refractivity contribution is -0.118. The summed E-state index contributed by atoms with van der Waals surface area (Å²) >= 11 is 0. The molecule has 0 spiro atoms. The van der Waals surface area contributed by atoms with Crippen LogP contribution in [0.15, 0.2) is 60.7 Å². The van der Waals surface area contributed by atoms with Crippen LogP contribution >= 0.6 is 0 Å². The van der Waals surface area contributed by atoms with Crippen LogP contribution < -0.4 is 10.1 Å². The number of hydrogen-bond donors (Lipinski definition) is 2. The number of unbranched alkanes of at least 4 members (excludes halogenated alkanes) is 1. The molecule has 1 amide bonds. The predicted molar refractivity (Wildman–Crippen MR) is 146 cm³/mol. The van der Waals surface area contributed by atoms with Gasteiger partial charge in [-0.2, -0.15) is 0 Å². The maximum absolute atomic E-state index is 12.3. The molecule has 0 saturated carbocycles. The second kappa shape index (κ2) is 11.3. The van der Waals surface area contributed by atoms with Crippen molar-refractivity contribution in [2.45, 2.75) is 53.5 Å². The first-order chi connectivity index (χ1) is 17.8. The standard InChI is InChI=1S/C30H33N3O4/c1-5-6-11-27-32-28-20(4)16-23(31-29(34)19(2)3)17-25(28)33(27)18-21-12-14-22(15-13-21)24-9-7-8-10-26(24)37-30(35)36/h7-10,12-17,19H,5-6,11,18H2,1-4H3,(H,31,34)(H,35,36). The van der Waals surface area contributed by atoms with Crippen LogP contribution in [-0.2, 0) is 17.8 Å². The van der Waals surface area contributed by atoms with Crippen LogP contribution in [0.25, 0.3) is 22.2 Å². The van der Waals surface area contributed by atoms with E-state index in [0.717, 1.165) is 58.5 Å². The van der Waals surface area contributed by atoms with Gasteiger partial charge in [0.15, 0.2) is 0 Å². The van der Waals surface area contributed by atoms with Crippen LogP contribution in [-0.4, -0.2) is 26.7 Å².